The fraction of sp³-hybridized carbons (Fsp3) is 0.115. The molecule has 32 heavy (non-hydrogen) atoms. The minimum Gasteiger partial charge on any atom is -0.464 e. The van der Waals surface area contributed by atoms with Crippen LogP contribution in [0.3, 0.4) is 0 Å². The lowest BCUT2D eigenvalue weighted by Gasteiger charge is -2.38. The number of ether oxygens (including phenoxy) is 1. The second-order valence-electron chi connectivity index (χ2n) is 8.07. The summed E-state index contributed by atoms with van der Waals surface area (Å²) in [5.74, 6) is 0.826. The van der Waals surface area contributed by atoms with Crippen molar-refractivity contribution < 1.29 is 9.66 Å². The number of hydrogen-bond acceptors (Lipinski definition) is 5. The Morgan fingerprint density at radius 1 is 0.906 bits per heavy atom. The van der Waals surface area contributed by atoms with Crippen LogP contribution >= 0.6 is 0 Å². The van der Waals surface area contributed by atoms with Gasteiger partial charge in [0.15, 0.2) is 0 Å². The summed E-state index contributed by atoms with van der Waals surface area (Å²) >= 11 is 0. The Labute approximate surface area is 184 Å². The molecule has 0 saturated carbocycles. The number of hydrazone groups is 1. The van der Waals surface area contributed by atoms with Gasteiger partial charge in [-0.05, 0) is 40.6 Å². The number of benzene rings is 4. The third kappa shape index (κ3) is 3.00. The average Bonchev–Trinajstić information content (AvgIpc) is 3.29. The van der Waals surface area contributed by atoms with Crippen LogP contribution in [0, 0.1) is 10.1 Å². The maximum absolute atomic E-state index is 11.1. The van der Waals surface area contributed by atoms with Gasteiger partial charge in [-0.15, -0.1) is 0 Å². The van der Waals surface area contributed by atoms with E-state index in [-0.39, 0.29) is 11.7 Å². The highest BCUT2D eigenvalue weighted by molar-refractivity contribution is 6.04. The third-order valence-corrected chi connectivity index (χ3v) is 6.17. The molecule has 2 atom stereocenters. The van der Waals surface area contributed by atoms with Gasteiger partial charge < -0.3 is 4.74 Å². The van der Waals surface area contributed by atoms with E-state index in [2.05, 4.69) is 36.4 Å². The molecule has 0 N–H and O–H groups in total. The first-order valence-corrected chi connectivity index (χ1v) is 10.5. The Morgan fingerprint density at radius 3 is 2.47 bits per heavy atom. The van der Waals surface area contributed by atoms with Gasteiger partial charge in [-0.2, -0.15) is 5.10 Å². The van der Waals surface area contributed by atoms with Crippen molar-refractivity contribution in [3.8, 4) is 5.75 Å². The van der Waals surface area contributed by atoms with E-state index in [4.69, 9.17) is 9.84 Å². The second kappa shape index (κ2) is 7.20. The van der Waals surface area contributed by atoms with Crippen LogP contribution in [0.2, 0.25) is 0 Å². The molecule has 4 aromatic carbocycles. The molecule has 0 saturated heterocycles. The van der Waals surface area contributed by atoms with E-state index in [1.54, 1.807) is 12.1 Å². The average molecular weight is 421 g/mol. The van der Waals surface area contributed by atoms with Gasteiger partial charge in [0, 0.05) is 29.7 Å². The predicted octanol–water partition coefficient (Wildman–Crippen LogP) is 5.99. The first-order chi connectivity index (χ1) is 15.7. The Bertz CT molecular complexity index is 1380. The number of para-hydroxylation sites is 1. The normalized spacial score (nSPS) is 19.1. The van der Waals surface area contributed by atoms with E-state index >= 15 is 0 Å². The van der Waals surface area contributed by atoms with E-state index in [0.717, 1.165) is 34.6 Å². The standard InChI is InChI=1S/C26H19N3O3/c30-29(31)21-13-11-18(12-14-21)26-28-24(22-7-3-4-8-25(22)32-26)16-23(27-28)20-10-9-17-5-1-2-6-19(17)15-20/h1-15,24,26H,16H2. The zero-order valence-corrected chi connectivity index (χ0v) is 17.1. The second-order valence-corrected chi connectivity index (χ2v) is 8.07. The fourth-order valence-electron chi connectivity index (χ4n) is 4.56. The Kier molecular flexibility index (Phi) is 4.18. The highest BCUT2D eigenvalue weighted by Gasteiger charge is 2.40. The van der Waals surface area contributed by atoms with Crippen molar-refractivity contribution in [2.45, 2.75) is 18.7 Å². The van der Waals surface area contributed by atoms with Crippen LogP contribution in [-0.2, 0) is 0 Å². The molecule has 6 heteroatoms. The smallest absolute Gasteiger partial charge is 0.269 e. The van der Waals surface area contributed by atoms with Crippen molar-refractivity contribution in [1.29, 1.82) is 0 Å². The molecule has 0 spiro atoms. The zero-order chi connectivity index (χ0) is 21.7. The molecule has 2 unspecified atom stereocenters. The van der Waals surface area contributed by atoms with Crippen molar-refractivity contribution in [3.63, 3.8) is 0 Å². The van der Waals surface area contributed by atoms with Crippen LogP contribution in [0.1, 0.15) is 35.4 Å². The number of rotatable bonds is 3. The molecule has 0 bridgehead atoms. The van der Waals surface area contributed by atoms with Gasteiger partial charge in [0.2, 0.25) is 6.23 Å². The van der Waals surface area contributed by atoms with Crippen LogP contribution in [0.15, 0.2) is 96.1 Å². The van der Waals surface area contributed by atoms with Gasteiger partial charge in [-0.3, -0.25) is 10.1 Å². The van der Waals surface area contributed by atoms with Crippen molar-refractivity contribution in [3.05, 3.63) is 118 Å². The van der Waals surface area contributed by atoms with Gasteiger partial charge >= 0.3 is 0 Å². The third-order valence-electron chi connectivity index (χ3n) is 6.17. The molecule has 0 radical (unpaired) electrons. The van der Waals surface area contributed by atoms with E-state index in [1.165, 1.54) is 22.9 Å². The first kappa shape index (κ1) is 18.6. The predicted molar refractivity (Wildman–Crippen MR) is 123 cm³/mol. The Morgan fingerprint density at radius 2 is 1.66 bits per heavy atom. The maximum Gasteiger partial charge on any atom is 0.269 e. The highest BCUT2D eigenvalue weighted by atomic mass is 16.6. The quantitative estimate of drug-likeness (QED) is 0.301. The van der Waals surface area contributed by atoms with E-state index in [9.17, 15) is 10.1 Å². The van der Waals surface area contributed by atoms with Crippen molar-refractivity contribution in [2.24, 2.45) is 5.10 Å². The van der Waals surface area contributed by atoms with Gasteiger partial charge in [0.25, 0.3) is 5.69 Å². The van der Waals surface area contributed by atoms with Crippen LogP contribution in [0.4, 0.5) is 5.69 Å². The van der Waals surface area contributed by atoms with E-state index in [0.29, 0.717) is 0 Å². The zero-order valence-electron chi connectivity index (χ0n) is 17.1. The minimum absolute atomic E-state index is 0.0432. The van der Waals surface area contributed by atoms with E-state index < -0.39 is 11.2 Å². The molecule has 6 rings (SSSR count). The number of nitrogens with zero attached hydrogens (tertiary/aromatic N) is 3. The summed E-state index contributed by atoms with van der Waals surface area (Å²) in [5.41, 5.74) is 4.10. The first-order valence-electron chi connectivity index (χ1n) is 10.5. The van der Waals surface area contributed by atoms with E-state index in [1.807, 2.05) is 35.3 Å². The Balaban J connectivity index is 1.42. The lowest BCUT2D eigenvalue weighted by atomic mass is 9.95. The summed E-state index contributed by atoms with van der Waals surface area (Å²) in [7, 11) is 0. The number of fused-ring (bicyclic) bond motifs is 4. The molecule has 2 aliphatic heterocycles. The summed E-state index contributed by atoms with van der Waals surface area (Å²) in [4.78, 5) is 10.7. The molecule has 6 nitrogen and oxygen atoms in total. The van der Waals surface area contributed by atoms with Crippen LogP contribution in [-0.4, -0.2) is 15.6 Å². The Hall–Kier alpha value is -4.19. The van der Waals surface area contributed by atoms with Gasteiger partial charge in [-0.1, -0.05) is 54.6 Å². The highest BCUT2D eigenvalue weighted by Crippen LogP contribution is 2.47. The molecule has 2 heterocycles. The SMILES string of the molecule is O=[N+]([O-])c1ccc(C2Oc3ccccc3C3CC(c4ccc5ccccc5c4)=NN32)cc1. The van der Waals surface area contributed by atoms with Crippen molar-refractivity contribution in [2.75, 3.05) is 0 Å². The number of nitro benzene ring substituents is 1. The van der Waals surface area contributed by atoms with Gasteiger partial charge in [0.1, 0.15) is 5.75 Å². The summed E-state index contributed by atoms with van der Waals surface area (Å²) in [6.45, 7) is 0. The lowest BCUT2D eigenvalue weighted by molar-refractivity contribution is -0.384. The number of hydrogen-bond donors (Lipinski definition) is 0. The summed E-state index contributed by atoms with van der Waals surface area (Å²) in [6.07, 6.45) is 0.316. The van der Waals surface area contributed by atoms with Crippen LogP contribution in [0.25, 0.3) is 10.8 Å². The largest absolute Gasteiger partial charge is 0.464 e. The fourth-order valence-corrected chi connectivity index (χ4v) is 4.56. The van der Waals surface area contributed by atoms with Crippen molar-refractivity contribution >= 4 is 22.2 Å². The number of non-ortho nitro benzene ring substituents is 1. The monoisotopic (exact) mass is 421 g/mol. The molecular weight excluding hydrogens is 402 g/mol. The lowest BCUT2D eigenvalue weighted by Crippen LogP contribution is -2.33. The summed E-state index contributed by atoms with van der Waals surface area (Å²) in [5, 5.41) is 20.4. The molecule has 156 valence electrons. The van der Waals surface area contributed by atoms with Gasteiger partial charge in [0.05, 0.1) is 16.7 Å². The van der Waals surface area contributed by atoms with Crippen molar-refractivity contribution in [1.82, 2.24) is 5.01 Å². The van der Waals surface area contributed by atoms with Crippen LogP contribution in [0.5, 0.6) is 5.75 Å². The maximum atomic E-state index is 11.1. The minimum atomic E-state index is -0.450. The molecule has 2 aliphatic rings. The van der Waals surface area contributed by atoms with Gasteiger partial charge in [-0.25, -0.2) is 5.01 Å². The molecule has 0 aliphatic carbocycles. The number of nitro groups is 1. The summed E-state index contributed by atoms with van der Waals surface area (Å²) in [6, 6.07) is 29.3. The molecular formula is C26H19N3O3. The van der Waals surface area contributed by atoms with Crippen LogP contribution < -0.4 is 4.74 Å². The molecule has 0 fully saturated rings. The molecule has 4 aromatic rings. The molecule has 0 aromatic heterocycles. The summed E-state index contributed by atoms with van der Waals surface area (Å²) < 4.78 is 6.34. The molecule has 0 amide bonds. The topological polar surface area (TPSA) is 68.0 Å².